The Kier molecular flexibility index (Phi) is 3.78. The van der Waals surface area contributed by atoms with Gasteiger partial charge in [0, 0.05) is 28.5 Å². The van der Waals surface area contributed by atoms with Crippen LogP contribution in [0.25, 0.3) is 0 Å². The van der Waals surface area contributed by atoms with Gasteiger partial charge in [-0.1, -0.05) is 35.7 Å². The lowest BCUT2D eigenvalue weighted by Crippen LogP contribution is -2.33. The summed E-state index contributed by atoms with van der Waals surface area (Å²) in [5.41, 5.74) is 0.862. The van der Waals surface area contributed by atoms with Gasteiger partial charge in [0.2, 0.25) is 0 Å². The van der Waals surface area contributed by atoms with Crippen LogP contribution in [0, 0.1) is 0 Å². The van der Waals surface area contributed by atoms with E-state index in [9.17, 15) is 0 Å². The molecule has 0 bridgehead atoms. The number of hydrogen-bond acceptors (Lipinski definition) is 2. The summed E-state index contributed by atoms with van der Waals surface area (Å²) in [5, 5.41) is 1.31. The first-order valence-corrected chi connectivity index (χ1v) is 7.66. The molecule has 0 unspecified atom stereocenters. The molecule has 2 fully saturated rings. The van der Waals surface area contributed by atoms with E-state index in [4.69, 9.17) is 32.7 Å². The fourth-order valence-electron chi connectivity index (χ4n) is 3.16. The summed E-state index contributed by atoms with van der Waals surface area (Å²) in [6, 6.07) is 5.56. The molecule has 2 atom stereocenters. The van der Waals surface area contributed by atoms with Crippen LogP contribution >= 0.6 is 23.2 Å². The van der Waals surface area contributed by atoms with Crippen LogP contribution in [0.5, 0.6) is 0 Å². The van der Waals surface area contributed by atoms with E-state index in [2.05, 4.69) is 0 Å². The number of benzene rings is 1. The molecule has 19 heavy (non-hydrogen) atoms. The van der Waals surface area contributed by atoms with Crippen molar-refractivity contribution in [2.45, 2.75) is 57.0 Å². The van der Waals surface area contributed by atoms with E-state index in [-0.39, 0.29) is 12.2 Å². The van der Waals surface area contributed by atoms with Crippen molar-refractivity contribution in [2.24, 2.45) is 0 Å². The Morgan fingerprint density at radius 1 is 1.05 bits per heavy atom. The van der Waals surface area contributed by atoms with Gasteiger partial charge < -0.3 is 9.47 Å². The largest absolute Gasteiger partial charge is 0.344 e. The lowest BCUT2D eigenvalue weighted by atomic mass is 9.94. The summed E-state index contributed by atoms with van der Waals surface area (Å²) in [4.78, 5) is 0. The second kappa shape index (κ2) is 5.25. The van der Waals surface area contributed by atoms with Crippen molar-refractivity contribution in [1.82, 2.24) is 0 Å². The highest BCUT2D eigenvalue weighted by atomic mass is 35.5. The van der Waals surface area contributed by atoms with E-state index in [0.29, 0.717) is 10.0 Å². The number of ether oxygens (including phenoxy) is 2. The normalized spacial score (nSPS) is 29.8. The minimum Gasteiger partial charge on any atom is -0.344 e. The highest BCUT2D eigenvalue weighted by Gasteiger charge is 2.47. The van der Waals surface area contributed by atoms with Crippen molar-refractivity contribution in [3.63, 3.8) is 0 Å². The predicted molar refractivity (Wildman–Crippen MR) is 76.7 cm³/mol. The second-order valence-corrected chi connectivity index (χ2v) is 6.28. The van der Waals surface area contributed by atoms with E-state index < -0.39 is 5.79 Å². The van der Waals surface area contributed by atoms with Crippen molar-refractivity contribution in [1.29, 1.82) is 0 Å². The monoisotopic (exact) mass is 300 g/mol. The standard InChI is InChI=1S/C15H18Cl2O2/c1-10-14(13-11(16)6-5-7-12(13)17)19-15(18-10)8-3-2-4-9-15/h5-7,10,14H,2-4,8-9H2,1H3/t10-,14+/m0/s1. The van der Waals surface area contributed by atoms with E-state index in [1.54, 1.807) is 0 Å². The van der Waals surface area contributed by atoms with Crippen LogP contribution in [0.1, 0.15) is 50.7 Å². The molecule has 1 saturated carbocycles. The molecule has 2 nitrogen and oxygen atoms in total. The highest BCUT2D eigenvalue weighted by molar-refractivity contribution is 6.36. The molecule has 1 spiro atoms. The topological polar surface area (TPSA) is 18.5 Å². The molecule has 0 amide bonds. The van der Waals surface area contributed by atoms with Crippen LogP contribution < -0.4 is 0 Å². The highest BCUT2D eigenvalue weighted by Crippen LogP contribution is 2.48. The summed E-state index contributed by atoms with van der Waals surface area (Å²) < 4.78 is 12.4. The minimum atomic E-state index is -0.412. The summed E-state index contributed by atoms with van der Waals surface area (Å²) in [6.45, 7) is 2.04. The average Bonchev–Trinajstić information content (AvgIpc) is 2.67. The summed E-state index contributed by atoms with van der Waals surface area (Å²) in [6.07, 6.45) is 5.34. The maximum atomic E-state index is 6.28. The molecule has 2 aliphatic rings. The van der Waals surface area contributed by atoms with Crippen molar-refractivity contribution in [3.05, 3.63) is 33.8 Å². The maximum absolute atomic E-state index is 6.28. The molecular formula is C15H18Cl2O2. The van der Waals surface area contributed by atoms with Crippen LogP contribution in [0.2, 0.25) is 10.0 Å². The SMILES string of the molecule is C[C@@H]1OC2(CCCCC2)O[C@H]1c1c(Cl)cccc1Cl. The Morgan fingerprint density at radius 3 is 2.32 bits per heavy atom. The Morgan fingerprint density at radius 2 is 1.68 bits per heavy atom. The summed E-state index contributed by atoms with van der Waals surface area (Å²) in [5.74, 6) is -0.412. The smallest absolute Gasteiger partial charge is 0.169 e. The first-order valence-electron chi connectivity index (χ1n) is 6.91. The molecule has 1 heterocycles. The van der Waals surface area contributed by atoms with Crippen molar-refractivity contribution in [3.8, 4) is 0 Å². The molecule has 1 saturated heterocycles. The molecule has 1 aromatic carbocycles. The molecule has 0 N–H and O–H groups in total. The molecule has 4 heteroatoms. The number of halogens is 2. The number of rotatable bonds is 1. The first-order chi connectivity index (χ1) is 9.11. The Labute approximate surface area is 124 Å². The van der Waals surface area contributed by atoms with Gasteiger partial charge in [0.05, 0.1) is 6.10 Å². The quantitative estimate of drug-likeness (QED) is 0.716. The summed E-state index contributed by atoms with van der Waals surface area (Å²) >= 11 is 12.6. The zero-order chi connectivity index (χ0) is 13.5. The van der Waals surface area contributed by atoms with Gasteiger partial charge >= 0.3 is 0 Å². The van der Waals surface area contributed by atoms with Crippen molar-refractivity contribution in [2.75, 3.05) is 0 Å². The fourth-order valence-corrected chi connectivity index (χ4v) is 3.77. The van der Waals surface area contributed by atoms with Gasteiger partial charge in [-0.2, -0.15) is 0 Å². The molecule has 3 rings (SSSR count). The van der Waals surface area contributed by atoms with Gasteiger partial charge in [0.25, 0.3) is 0 Å². The Bertz CT molecular complexity index is 449. The van der Waals surface area contributed by atoms with Crippen LogP contribution in [-0.4, -0.2) is 11.9 Å². The van der Waals surface area contributed by atoms with Crippen molar-refractivity contribution >= 4 is 23.2 Å². The summed E-state index contributed by atoms with van der Waals surface area (Å²) in [7, 11) is 0. The maximum Gasteiger partial charge on any atom is 0.169 e. The zero-order valence-corrected chi connectivity index (χ0v) is 12.5. The van der Waals surface area contributed by atoms with Crippen molar-refractivity contribution < 1.29 is 9.47 Å². The molecule has 0 radical (unpaired) electrons. The fraction of sp³-hybridized carbons (Fsp3) is 0.600. The lowest BCUT2D eigenvalue weighted by Gasteiger charge is -2.32. The van der Waals surface area contributed by atoms with Gasteiger partial charge in [0.1, 0.15) is 6.10 Å². The predicted octanol–water partition coefficient (Wildman–Crippen LogP) is 5.13. The third-order valence-corrected chi connectivity index (χ3v) is 4.73. The molecule has 1 aliphatic carbocycles. The van der Waals surface area contributed by atoms with E-state index in [1.807, 2.05) is 25.1 Å². The third-order valence-electron chi connectivity index (χ3n) is 4.07. The average molecular weight is 301 g/mol. The Balaban J connectivity index is 1.90. The van der Waals surface area contributed by atoms with Gasteiger partial charge in [-0.3, -0.25) is 0 Å². The molecular weight excluding hydrogens is 283 g/mol. The van der Waals surface area contributed by atoms with Crippen LogP contribution in [0.15, 0.2) is 18.2 Å². The molecule has 1 aliphatic heterocycles. The van der Waals surface area contributed by atoms with E-state index in [1.165, 1.54) is 6.42 Å². The Hall–Kier alpha value is -0.280. The van der Waals surface area contributed by atoms with Crippen LogP contribution in [0.3, 0.4) is 0 Å². The van der Waals surface area contributed by atoms with E-state index >= 15 is 0 Å². The van der Waals surface area contributed by atoms with Gasteiger partial charge in [0.15, 0.2) is 5.79 Å². The van der Waals surface area contributed by atoms with Gasteiger partial charge in [-0.25, -0.2) is 0 Å². The first kappa shape index (κ1) is 13.7. The third kappa shape index (κ3) is 2.52. The van der Waals surface area contributed by atoms with Gasteiger partial charge in [-0.15, -0.1) is 0 Å². The second-order valence-electron chi connectivity index (χ2n) is 5.47. The van der Waals surface area contributed by atoms with Crippen LogP contribution in [0.4, 0.5) is 0 Å². The molecule has 104 valence electrons. The van der Waals surface area contributed by atoms with E-state index in [0.717, 1.165) is 31.2 Å². The lowest BCUT2D eigenvalue weighted by molar-refractivity contribution is -0.193. The van der Waals surface area contributed by atoms with Crippen LogP contribution in [-0.2, 0) is 9.47 Å². The molecule has 0 aromatic heterocycles. The van der Waals surface area contributed by atoms with Gasteiger partial charge in [-0.05, 0) is 31.9 Å². The zero-order valence-electron chi connectivity index (χ0n) is 11.0. The number of hydrogen-bond donors (Lipinski definition) is 0. The molecule has 1 aromatic rings. The minimum absolute atomic E-state index is 0.0181.